The zero-order chi connectivity index (χ0) is 19.4. The van der Waals surface area contributed by atoms with Crippen molar-refractivity contribution in [2.45, 2.75) is 10.2 Å². The topological polar surface area (TPSA) is 72.4 Å². The monoisotopic (exact) mass is 431 g/mol. The highest BCUT2D eigenvalue weighted by Gasteiger charge is 2.29. The Bertz CT molecular complexity index is 793. The second kappa shape index (κ2) is 8.65. The number of rotatable bonds is 4. The third-order valence-electron chi connectivity index (χ3n) is 4.14. The van der Waals surface area contributed by atoms with Crippen LogP contribution in [0.3, 0.4) is 0 Å². The average molecular weight is 433 g/mol. The van der Waals surface area contributed by atoms with Gasteiger partial charge in [-0.3, -0.25) is 0 Å². The molecule has 1 aromatic heterocycles. The Kier molecular flexibility index (Phi) is 6.47. The number of alkyl halides is 3. The molecule has 27 heavy (non-hydrogen) atoms. The number of hydrogen-bond acceptors (Lipinski definition) is 7. The van der Waals surface area contributed by atoms with Gasteiger partial charge in [0.15, 0.2) is 23.1 Å². The van der Waals surface area contributed by atoms with Crippen molar-refractivity contribution in [3.05, 3.63) is 24.0 Å². The predicted octanol–water partition coefficient (Wildman–Crippen LogP) is 3.18. The molecule has 10 heteroatoms. The SMILES string of the molecule is COc1ccc(-c2nc(N3CCCNCC3)nc(C(Cl)(Cl)Cl)n2)cc1OC. The first-order valence-corrected chi connectivity index (χ1v) is 9.57. The molecule has 1 N–H and O–H groups in total. The van der Waals surface area contributed by atoms with Crippen molar-refractivity contribution in [3.8, 4) is 22.9 Å². The van der Waals surface area contributed by atoms with Crippen LogP contribution in [-0.2, 0) is 3.79 Å². The van der Waals surface area contributed by atoms with Crippen molar-refractivity contribution in [2.24, 2.45) is 0 Å². The van der Waals surface area contributed by atoms with Gasteiger partial charge in [-0.05, 0) is 31.2 Å². The fourth-order valence-corrected chi connectivity index (χ4v) is 3.04. The van der Waals surface area contributed by atoms with Crippen LogP contribution in [0.4, 0.5) is 5.95 Å². The first kappa shape index (κ1) is 20.2. The summed E-state index contributed by atoms with van der Waals surface area (Å²) in [4.78, 5) is 15.4. The number of ether oxygens (including phenoxy) is 2. The summed E-state index contributed by atoms with van der Waals surface area (Å²) < 4.78 is 8.89. The van der Waals surface area contributed by atoms with Gasteiger partial charge in [0.05, 0.1) is 14.2 Å². The van der Waals surface area contributed by atoms with Crippen LogP contribution in [-0.4, -0.2) is 55.4 Å². The summed E-state index contributed by atoms with van der Waals surface area (Å²) in [5.41, 5.74) is 0.708. The molecule has 146 valence electrons. The smallest absolute Gasteiger partial charge is 0.250 e. The largest absolute Gasteiger partial charge is 0.493 e. The van der Waals surface area contributed by atoms with Crippen LogP contribution in [0.15, 0.2) is 18.2 Å². The Morgan fingerprint density at radius 1 is 1.00 bits per heavy atom. The average Bonchev–Trinajstić information content (AvgIpc) is 2.96. The van der Waals surface area contributed by atoms with Crippen LogP contribution in [0.25, 0.3) is 11.4 Å². The van der Waals surface area contributed by atoms with E-state index in [4.69, 9.17) is 44.3 Å². The molecule has 1 aliphatic heterocycles. The summed E-state index contributed by atoms with van der Waals surface area (Å²) >= 11 is 18.2. The van der Waals surface area contributed by atoms with Crippen LogP contribution >= 0.6 is 34.8 Å². The summed E-state index contributed by atoms with van der Waals surface area (Å²) in [7, 11) is 3.14. The van der Waals surface area contributed by atoms with Gasteiger partial charge in [0.1, 0.15) is 0 Å². The van der Waals surface area contributed by atoms with Crippen molar-refractivity contribution in [1.29, 1.82) is 0 Å². The fourth-order valence-electron chi connectivity index (χ4n) is 2.78. The maximum Gasteiger partial charge on any atom is 0.250 e. The number of nitrogens with one attached hydrogen (secondary N) is 1. The molecule has 1 aliphatic rings. The third kappa shape index (κ3) is 4.85. The van der Waals surface area contributed by atoms with E-state index in [1.54, 1.807) is 26.4 Å². The number of anilines is 1. The van der Waals surface area contributed by atoms with Crippen molar-refractivity contribution in [1.82, 2.24) is 20.3 Å². The first-order chi connectivity index (χ1) is 12.9. The maximum atomic E-state index is 6.07. The number of hydrogen-bond donors (Lipinski definition) is 1. The van der Waals surface area contributed by atoms with Crippen LogP contribution < -0.4 is 19.7 Å². The normalized spacial score (nSPS) is 15.4. The van der Waals surface area contributed by atoms with Gasteiger partial charge in [0, 0.05) is 25.2 Å². The number of benzene rings is 1. The molecule has 1 fully saturated rings. The van der Waals surface area contributed by atoms with Crippen molar-refractivity contribution in [3.63, 3.8) is 0 Å². The molecule has 0 atom stereocenters. The number of aromatic nitrogens is 3. The zero-order valence-corrected chi connectivity index (χ0v) is 17.3. The molecule has 7 nitrogen and oxygen atoms in total. The third-order valence-corrected chi connectivity index (χ3v) is 4.65. The summed E-state index contributed by atoms with van der Waals surface area (Å²) in [5, 5.41) is 3.34. The molecule has 1 saturated heterocycles. The van der Waals surface area contributed by atoms with Crippen molar-refractivity contribution < 1.29 is 9.47 Å². The highest BCUT2D eigenvalue weighted by atomic mass is 35.6. The van der Waals surface area contributed by atoms with E-state index in [1.807, 2.05) is 6.07 Å². The standard InChI is InChI=1S/C17H20Cl3N5O2/c1-26-12-5-4-11(10-13(12)27-2)14-22-15(17(18,19)20)24-16(23-14)25-8-3-6-21-7-9-25/h4-5,10,21H,3,6-9H2,1-2H3. The molecule has 0 saturated carbocycles. The maximum absolute atomic E-state index is 6.07. The minimum Gasteiger partial charge on any atom is -0.493 e. The Balaban J connectivity index is 2.07. The van der Waals surface area contributed by atoms with E-state index >= 15 is 0 Å². The van der Waals surface area contributed by atoms with E-state index < -0.39 is 3.79 Å². The van der Waals surface area contributed by atoms with Gasteiger partial charge in [0.25, 0.3) is 0 Å². The summed E-state index contributed by atoms with van der Waals surface area (Å²) in [6.45, 7) is 3.35. The van der Waals surface area contributed by atoms with Gasteiger partial charge in [-0.2, -0.15) is 9.97 Å². The lowest BCUT2D eigenvalue weighted by Crippen LogP contribution is -2.30. The minimum atomic E-state index is -1.76. The number of nitrogens with zero attached hydrogens (tertiary/aromatic N) is 4. The highest BCUT2D eigenvalue weighted by Crippen LogP contribution is 2.38. The predicted molar refractivity (Wildman–Crippen MR) is 107 cm³/mol. The van der Waals surface area contributed by atoms with E-state index in [0.717, 1.165) is 32.6 Å². The second-order valence-electron chi connectivity index (χ2n) is 5.94. The van der Waals surface area contributed by atoms with Gasteiger partial charge in [-0.15, -0.1) is 0 Å². The van der Waals surface area contributed by atoms with Crippen LogP contribution in [0, 0.1) is 0 Å². The Hall–Kier alpha value is -1.54. The summed E-state index contributed by atoms with van der Waals surface area (Å²) in [6.07, 6.45) is 0.973. The van der Waals surface area contributed by atoms with E-state index in [-0.39, 0.29) is 5.82 Å². The molecule has 0 aliphatic carbocycles. The quantitative estimate of drug-likeness (QED) is 0.744. The molecule has 3 rings (SSSR count). The number of methoxy groups -OCH3 is 2. The Morgan fingerprint density at radius 2 is 1.78 bits per heavy atom. The zero-order valence-electron chi connectivity index (χ0n) is 15.0. The van der Waals surface area contributed by atoms with E-state index in [2.05, 4.69) is 25.2 Å². The van der Waals surface area contributed by atoms with Crippen molar-refractivity contribution in [2.75, 3.05) is 45.3 Å². The van der Waals surface area contributed by atoms with Gasteiger partial charge >= 0.3 is 0 Å². The van der Waals surface area contributed by atoms with Gasteiger partial charge in [-0.1, -0.05) is 34.8 Å². The molecule has 0 radical (unpaired) electrons. The van der Waals surface area contributed by atoms with E-state index in [0.29, 0.717) is 28.8 Å². The number of halogens is 3. The molecular weight excluding hydrogens is 413 g/mol. The van der Waals surface area contributed by atoms with Crippen molar-refractivity contribution >= 4 is 40.8 Å². The lowest BCUT2D eigenvalue weighted by Gasteiger charge is -2.22. The molecule has 2 aromatic rings. The Morgan fingerprint density at radius 3 is 2.48 bits per heavy atom. The summed E-state index contributed by atoms with van der Waals surface area (Å²) in [5.74, 6) is 2.14. The van der Waals surface area contributed by atoms with Gasteiger partial charge in [-0.25, -0.2) is 4.98 Å². The van der Waals surface area contributed by atoms with E-state index in [1.165, 1.54) is 0 Å². The van der Waals surface area contributed by atoms with Crippen LogP contribution in [0.5, 0.6) is 11.5 Å². The van der Waals surface area contributed by atoms with E-state index in [9.17, 15) is 0 Å². The van der Waals surface area contributed by atoms with Gasteiger partial charge < -0.3 is 19.7 Å². The molecule has 0 unspecified atom stereocenters. The summed E-state index contributed by atoms with van der Waals surface area (Å²) in [6, 6.07) is 5.39. The van der Waals surface area contributed by atoms with Crippen LogP contribution in [0.1, 0.15) is 12.2 Å². The van der Waals surface area contributed by atoms with Gasteiger partial charge in [0.2, 0.25) is 9.74 Å². The van der Waals surface area contributed by atoms with Crippen LogP contribution in [0.2, 0.25) is 0 Å². The molecule has 0 amide bonds. The second-order valence-corrected chi connectivity index (χ2v) is 8.22. The molecule has 0 bridgehead atoms. The molecule has 0 spiro atoms. The molecule has 2 heterocycles. The fraction of sp³-hybridized carbons (Fsp3) is 0.471. The molecular formula is C17H20Cl3N5O2. The lowest BCUT2D eigenvalue weighted by molar-refractivity contribution is 0.355. The molecule has 1 aromatic carbocycles. The Labute approximate surface area is 173 Å². The first-order valence-electron chi connectivity index (χ1n) is 8.43. The minimum absolute atomic E-state index is 0.0829. The highest BCUT2D eigenvalue weighted by molar-refractivity contribution is 6.66. The lowest BCUT2D eigenvalue weighted by atomic mass is 10.2.